The van der Waals surface area contributed by atoms with Crippen LogP contribution in [0.4, 0.5) is 0 Å². The van der Waals surface area contributed by atoms with Gasteiger partial charge in [0.15, 0.2) is 0 Å². The Balaban J connectivity index is 2.15. The van der Waals surface area contributed by atoms with E-state index in [2.05, 4.69) is 11.9 Å². The molecule has 88 valence electrons. The molecule has 0 unspecified atom stereocenters. The number of aromatic nitrogens is 1. The van der Waals surface area contributed by atoms with E-state index >= 15 is 0 Å². The molecule has 1 aromatic rings. The van der Waals surface area contributed by atoms with Gasteiger partial charge in [0, 0.05) is 6.07 Å². The number of rotatable bonds is 5. The number of hydrogen-bond donors (Lipinski definition) is 0. The van der Waals surface area contributed by atoms with E-state index < -0.39 is 0 Å². The normalized spacial score (nSPS) is 15.2. The van der Waals surface area contributed by atoms with Crippen LogP contribution < -0.4 is 9.47 Å². The van der Waals surface area contributed by atoms with Crippen molar-refractivity contribution < 1.29 is 9.47 Å². The van der Waals surface area contributed by atoms with E-state index in [0.29, 0.717) is 6.10 Å². The van der Waals surface area contributed by atoms with E-state index in [9.17, 15) is 0 Å². The van der Waals surface area contributed by atoms with Crippen LogP contribution in [0, 0.1) is 0 Å². The summed E-state index contributed by atoms with van der Waals surface area (Å²) >= 11 is 0. The van der Waals surface area contributed by atoms with Gasteiger partial charge in [0.1, 0.15) is 11.5 Å². The van der Waals surface area contributed by atoms with Crippen LogP contribution in [0.5, 0.6) is 11.5 Å². The second-order valence-corrected chi connectivity index (χ2v) is 4.45. The molecule has 0 N–H and O–H groups in total. The van der Waals surface area contributed by atoms with Crippen molar-refractivity contribution in [2.45, 2.75) is 52.2 Å². The third-order valence-corrected chi connectivity index (χ3v) is 2.43. The van der Waals surface area contributed by atoms with Crippen molar-refractivity contribution in [3.05, 3.63) is 18.0 Å². The molecule has 0 aromatic carbocycles. The average molecular weight is 221 g/mol. The Kier molecular flexibility index (Phi) is 3.32. The van der Waals surface area contributed by atoms with Crippen molar-refractivity contribution in [2.24, 2.45) is 0 Å². The van der Waals surface area contributed by atoms with Crippen molar-refractivity contribution in [3.63, 3.8) is 0 Å². The van der Waals surface area contributed by atoms with Gasteiger partial charge in [-0.25, -0.2) is 0 Å². The first-order valence-electron chi connectivity index (χ1n) is 6.01. The number of aryl methyl sites for hydroxylation is 1. The molecule has 0 spiro atoms. The van der Waals surface area contributed by atoms with Gasteiger partial charge in [-0.15, -0.1) is 0 Å². The fourth-order valence-corrected chi connectivity index (χ4v) is 1.52. The highest BCUT2D eigenvalue weighted by atomic mass is 16.5. The van der Waals surface area contributed by atoms with Gasteiger partial charge in [-0.05, 0) is 33.1 Å². The maximum absolute atomic E-state index is 5.83. The molecular formula is C13H19NO2. The number of hydrogen-bond acceptors (Lipinski definition) is 3. The van der Waals surface area contributed by atoms with Crippen LogP contribution >= 0.6 is 0 Å². The Morgan fingerprint density at radius 1 is 1.44 bits per heavy atom. The van der Waals surface area contributed by atoms with Crippen molar-refractivity contribution in [1.29, 1.82) is 0 Å². The summed E-state index contributed by atoms with van der Waals surface area (Å²) in [4.78, 5) is 4.38. The Labute approximate surface area is 96.8 Å². The minimum atomic E-state index is 0.169. The molecule has 1 aromatic heterocycles. The number of ether oxygens (including phenoxy) is 2. The quantitative estimate of drug-likeness (QED) is 0.766. The Morgan fingerprint density at radius 2 is 2.19 bits per heavy atom. The zero-order valence-electron chi connectivity index (χ0n) is 10.2. The molecule has 1 heterocycles. The summed E-state index contributed by atoms with van der Waals surface area (Å²) in [5.41, 5.74) is 1.02. The largest absolute Gasteiger partial charge is 0.489 e. The van der Waals surface area contributed by atoms with Gasteiger partial charge in [-0.1, -0.05) is 6.92 Å². The molecule has 0 saturated heterocycles. The van der Waals surface area contributed by atoms with Crippen LogP contribution in [0.3, 0.4) is 0 Å². The lowest BCUT2D eigenvalue weighted by molar-refractivity contribution is 0.237. The Morgan fingerprint density at radius 3 is 2.75 bits per heavy atom. The Bertz CT molecular complexity index is 359. The second-order valence-electron chi connectivity index (χ2n) is 4.45. The predicted molar refractivity (Wildman–Crippen MR) is 63.0 cm³/mol. The van der Waals surface area contributed by atoms with Crippen LogP contribution in [-0.4, -0.2) is 17.2 Å². The smallest absolute Gasteiger partial charge is 0.144 e. The predicted octanol–water partition coefficient (Wildman–Crippen LogP) is 2.97. The summed E-state index contributed by atoms with van der Waals surface area (Å²) in [6.07, 6.45) is 5.57. The topological polar surface area (TPSA) is 31.4 Å². The summed E-state index contributed by atoms with van der Waals surface area (Å²) in [5.74, 6) is 1.69. The standard InChI is InChI=1S/C13H19NO2/c1-4-12-13(16-10-5-6-10)7-11(8-14-12)15-9(2)3/h7-10H,4-6H2,1-3H3. The number of pyridine rings is 1. The summed E-state index contributed by atoms with van der Waals surface area (Å²) in [6.45, 7) is 6.11. The molecule has 0 amide bonds. The molecular weight excluding hydrogens is 202 g/mol. The molecule has 0 radical (unpaired) electrons. The SMILES string of the molecule is CCc1ncc(OC(C)C)cc1OC1CC1. The zero-order chi connectivity index (χ0) is 11.5. The first-order chi connectivity index (χ1) is 7.69. The van der Waals surface area contributed by atoms with Crippen LogP contribution in [0.25, 0.3) is 0 Å². The maximum atomic E-state index is 5.83. The molecule has 0 bridgehead atoms. The van der Waals surface area contributed by atoms with Crippen molar-refractivity contribution in [1.82, 2.24) is 4.98 Å². The van der Waals surface area contributed by atoms with E-state index in [1.165, 1.54) is 12.8 Å². The van der Waals surface area contributed by atoms with E-state index in [0.717, 1.165) is 23.6 Å². The van der Waals surface area contributed by atoms with E-state index in [4.69, 9.17) is 9.47 Å². The fourth-order valence-electron chi connectivity index (χ4n) is 1.52. The molecule has 1 saturated carbocycles. The van der Waals surface area contributed by atoms with Crippen molar-refractivity contribution in [3.8, 4) is 11.5 Å². The fraction of sp³-hybridized carbons (Fsp3) is 0.615. The lowest BCUT2D eigenvalue weighted by Gasteiger charge is -2.13. The van der Waals surface area contributed by atoms with E-state index in [-0.39, 0.29) is 6.10 Å². The van der Waals surface area contributed by atoms with Crippen molar-refractivity contribution in [2.75, 3.05) is 0 Å². The molecule has 0 aliphatic heterocycles. The van der Waals surface area contributed by atoms with Gasteiger partial charge in [-0.2, -0.15) is 0 Å². The molecule has 2 rings (SSSR count). The summed E-state index contributed by atoms with van der Waals surface area (Å²) < 4.78 is 11.4. The molecule has 16 heavy (non-hydrogen) atoms. The molecule has 1 fully saturated rings. The first kappa shape index (κ1) is 11.2. The van der Waals surface area contributed by atoms with Gasteiger partial charge in [0.25, 0.3) is 0 Å². The highest BCUT2D eigenvalue weighted by Crippen LogP contribution is 2.31. The van der Waals surface area contributed by atoms with Gasteiger partial charge >= 0.3 is 0 Å². The van der Waals surface area contributed by atoms with E-state index in [1.807, 2.05) is 19.9 Å². The average Bonchev–Trinajstić information content (AvgIpc) is 3.01. The molecule has 1 aliphatic rings. The maximum Gasteiger partial charge on any atom is 0.144 e. The third kappa shape index (κ3) is 2.87. The molecule has 1 aliphatic carbocycles. The molecule has 0 atom stereocenters. The van der Waals surface area contributed by atoms with Gasteiger partial charge < -0.3 is 9.47 Å². The lowest BCUT2D eigenvalue weighted by Crippen LogP contribution is -2.07. The van der Waals surface area contributed by atoms with Crippen LogP contribution in [0.2, 0.25) is 0 Å². The highest BCUT2D eigenvalue weighted by molar-refractivity contribution is 5.35. The molecule has 3 nitrogen and oxygen atoms in total. The summed E-state index contributed by atoms with van der Waals surface area (Å²) in [7, 11) is 0. The first-order valence-corrected chi connectivity index (χ1v) is 6.01. The van der Waals surface area contributed by atoms with Crippen LogP contribution in [0.1, 0.15) is 39.3 Å². The monoisotopic (exact) mass is 221 g/mol. The highest BCUT2D eigenvalue weighted by Gasteiger charge is 2.24. The van der Waals surface area contributed by atoms with Gasteiger partial charge in [0.2, 0.25) is 0 Å². The lowest BCUT2D eigenvalue weighted by atomic mass is 10.2. The summed E-state index contributed by atoms with van der Waals surface area (Å²) in [6, 6.07) is 1.96. The van der Waals surface area contributed by atoms with Crippen LogP contribution in [0.15, 0.2) is 12.3 Å². The van der Waals surface area contributed by atoms with Crippen molar-refractivity contribution >= 4 is 0 Å². The summed E-state index contributed by atoms with van der Waals surface area (Å²) in [5, 5.41) is 0. The van der Waals surface area contributed by atoms with Gasteiger partial charge in [-0.3, -0.25) is 4.98 Å². The van der Waals surface area contributed by atoms with Gasteiger partial charge in [0.05, 0.1) is 24.1 Å². The Hall–Kier alpha value is -1.25. The minimum Gasteiger partial charge on any atom is -0.489 e. The van der Waals surface area contributed by atoms with E-state index in [1.54, 1.807) is 6.20 Å². The zero-order valence-corrected chi connectivity index (χ0v) is 10.2. The van der Waals surface area contributed by atoms with Crippen LogP contribution in [-0.2, 0) is 6.42 Å². The minimum absolute atomic E-state index is 0.169. The third-order valence-electron chi connectivity index (χ3n) is 2.43. The number of nitrogens with zero attached hydrogens (tertiary/aromatic N) is 1. The molecule has 3 heteroatoms. The second kappa shape index (κ2) is 4.73.